The van der Waals surface area contributed by atoms with E-state index in [0.717, 1.165) is 37.2 Å². The molecule has 1 saturated heterocycles. The summed E-state index contributed by atoms with van der Waals surface area (Å²) in [5.41, 5.74) is 1.84. The summed E-state index contributed by atoms with van der Waals surface area (Å²) in [5, 5.41) is 6.58. The zero-order chi connectivity index (χ0) is 19.1. The molecule has 2 aromatic rings. The second-order valence-corrected chi connectivity index (χ2v) is 7.25. The maximum absolute atomic E-state index is 12.4. The fraction of sp³-hybridized carbons (Fsp3) is 0.333. The molecule has 0 aromatic heterocycles. The highest BCUT2D eigenvalue weighted by atomic mass is 35.5. The molecule has 6 heteroatoms. The van der Waals surface area contributed by atoms with Crippen molar-refractivity contribution in [3.8, 4) is 0 Å². The van der Waals surface area contributed by atoms with Crippen molar-refractivity contribution in [2.75, 3.05) is 25.0 Å². The number of nitrogens with one attached hydrogen (secondary N) is 2. The van der Waals surface area contributed by atoms with Gasteiger partial charge in [-0.15, -0.1) is 0 Å². The molecule has 0 saturated carbocycles. The summed E-state index contributed by atoms with van der Waals surface area (Å²) >= 11 is 5.86. The molecule has 0 atom stereocenters. The first kappa shape index (κ1) is 19.4. The van der Waals surface area contributed by atoms with Crippen molar-refractivity contribution >= 4 is 29.1 Å². The fourth-order valence-corrected chi connectivity index (χ4v) is 3.31. The van der Waals surface area contributed by atoms with Crippen LogP contribution < -0.4 is 10.6 Å². The number of amides is 2. The van der Waals surface area contributed by atoms with E-state index >= 15 is 0 Å². The molecule has 27 heavy (non-hydrogen) atoms. The summed E-state index contributed by atoms with van der Waals surface area (Å²) in [5.74, 6) is 0.0590. The predicted molar refractivity (Wildman–Crippen MR) is 108 cm³/mol. The third-order valence-corrected chi connectivity index (χ3v) is 5.02. The number of halogens is 1. The normalized spacial score (nSPS) is 15.3. The van der Waals surface area contributed by atoms with Crippen LogP contribution in [0.25, 0.3) is 0 Å². The third-order valence-electron chi connectivity index (χ3n) is 4.77. The second kappa shape index (κ2) is 9.53. The first-order chi connectivity index (χ1) is 13.1. The van der Waals surface area contributed by atoms with E-state index in [-0.39, 0.29) is 17.7 Å². The molecule has 2 N–H and O–H groups in total. The SMILES string of the molecule is O=C(CN1CCC(C(=O)Nc2ccccc2)CC1)NCc1ccc(Cl)cc1. The average Bonchev–Trinajstić information content (AvgIpc) is 2.69. The number of nitrogens with zero attached hydrogens (tertiary/aromatic N) is 1. The molecule has 2 amide bonds. The van der Waals surface area contributed by atoms with Gasteiger partial charge in [0.15, 0.2) is 0 Å². The number of para-hydroxylation sites is 1. The summed E-state index contributed by atoms with van der Waals surface area (Å²) in [6.07, 6.45) is 1.53. The van der Waals surface area contributed by atoms with Crippen molar-refractivity contribution in [1.82, 2.24) is 10.2 Å². The molecular weight excluding hydrogens is 362 g/mol. The van der Waals surface area contributed by atoms with E-state index in [1.54, 1.807) is 0 Å². The second-order valence-electron chi connectivity index (χ2n) is 6.81. The van der Waals surface area contributed by atoms with Crippen LogP contribution in [0.4, 0.5) is 5.69 Å². The summed E-state index contributed by atoms with van der Waals surface area (Å²) in [6, 6.07) is 16.9. The van der Waals surface area contributed by atoms with Gasteiger partial charge in [-0.2, -0.15) is 0 Å². The number of likely N-dealkylation sites (tertiary alicyclic amines) is 1. The van der Waals surface area contributed by atoms with Gasteiger partial charge < -0.3 is 10.6 Å². The van der Waals surface area contributed by atoms with E-state index in [2.05, 4.69) is 15.5 Å². The van der Waals surface area contributed by atoms with Gasteiger partial charge in [0, 0.05) is 23.2 Å². The molecule has 1 aliphatic rings. The molecule has 3 rings (SSSR count). The first-order valence-electron chi connectivity index (χ1n) is 9.19. The van der Waals surface area contributed by atoms with E-state index < -0.39 is 0 Å². The van der Waals surface area contributed by atoms with Gasteiger partial charge in [-0.05, 0) is 55.8 Å². The standard InChI is InChI=1S/C21H24ClN3O2/c22-18-8-6-16(7-9-18)14-23-20(26)15-25-12-10-17(11-13-25)21(27)24-19-4-2-1-3-5-19/h1-9,17H,10-15H2,(H,23,26)(H,24,27). The van der Waals surface area contributed by atoms with Crippen LogP contribution in [-0.2, 0) is 16.1 Å². The quantitative estimate of drug-likeness (QED) is 0.802. The monoisotopic (exact) mass is 385 g/mol. The van der Waals surface area contributed by atoms with Gasteiger partial charge in [-0.1, -0.05) is 41.9 Å². The van der Waals surface area contributed by atoms with Crippen molar-refractivity contribution in [1.29, 1.82) is 0 Å². The van der Waals surface area contributed by atoms with Crippen molar-refractivity contribution in [3.63, 3.8) is 0 Å². The summed E-state index contributed by atoms with van der Waals surface area (Å²) in [4.78, 5) is 26.6. The maximum atomic E-state index is 12.4. The minimum atomic E-state index is -0.00265. The lowest BCUT2D eigenvalue weighted by atomic mass is 9.96. The molecule has 1 heterocycles. The van der Waals surface area contributed by atoms with Crippen LogP contribution in [0.15, 0.2) is 54.6 Å². The number of rotatable bonds is 6. The molecule has 0 radical (unpaired) electrons. The van der Waals surface area contributed by atoms with Crippen LogP contribution in [0.2, 0.25) is 5.02 Å². The smallest absolute Gasteiger partial charge is 0.234 e. The summed E-state index contributed by atoms with van der Waals surface area (Å²) in [7, 11) is 0. The van der Waals surface area contributed by atoms with E-state index in [1.807, 2.05) is 54.6 Å². The highest BCUT2D eigenvalue weighted by molar-refractivity contribution is 6.30. The van der Waals surface area contributed by atoms with Crippen molar-refractivity contribution in [2.45, 2.75) is 19.4 Å². The molecule has 1 aliphatic heterocycles. The Bertz CT molecular complexity index is 757. The molecule has 142 valence electrons. The van der Waals surface area contributed by atoms with Crippen LogP contribution in [-0.4, -0.2) is 36.3 Å². The Hall–Kier alpha value is -2.37. The maximum Gasteiger partial charge on any atom is 0.234 e. The Labute approximate surface area is 164 Å². The number of anilines is 1. The number of carbonyl (C=O) groups excluding carboxylic acids is 2. The lowest BCUT2D eigenvalue weighted by molar-refractivity contribution is -0.123. The van der Waals surface area contributed by atoms with Gasteiger partial charge in [0.05, 0.1) is 6.54 Å². The van der Waals surface area contributed by atoms with Gasteiger partial charge in [0.1, 0.15) is 0 Å². The summed E-state index contributed by atoms with van der Waals surface area (Å²) < 4.78 is 0. The van der Waals surface area contributed by atoms with Gasteiger partial charge in [0.25, 0.3) is 0 Å². The minimum Gasteiger partial charge on any atom is -0.351 e. The molecular formula is C21H24ClN3O2. The van der Waals surface area contributed by atoms with Crippen LogP contribution in [0.5, 0.6) is 0 Å². The number of hydrogen-bond acceptors (Lipinski definition) is 3. The summed E-state index contributed by atoms with van der Waals surface area (Å²) in [6.45, 7) is 2.36. The van der Waals surface area contributed by atoms with Crippen LogP contribution >= 0.6 is 11.6 Å². The number of benzene rings is 2. The van der Waals surface area contributed by atoms with Crippen molar-refractivity contribution < 1.29 is 9.59 Å². The first-order valence-corrected chi connectivity index (χ1v) is 9.57. The Morgan fingerprint density at radius 1 is 1.00 bits per heavy atom. The Morgan fingerprint density at radius 2 is 1.67 bits per heavy atom. The number of piperidine rings is 1. The topological polar surface area (TPSA) is 61.4 Å². The zero-order valence-electron chi connectivity index (χ0n) is 15.2. The van der Waals surface area contributed by atoms with E-state index in [9.17, 15) is 9.59 Å². The van der Waals surface area contributed by atoms with Gasteiger partial charge in [0.2, 0.25) is 11.8 Å². The largest absolute Gasteiger partial charge is 0.351 e. The van der Waals surface area contributed by atoms with Crippen LogP contribution in [0.3, 0.4) is 0 Å². The van der Waals surface area contributed by atoms with E-state index in [4.69, 9.17) is 11.6 Å². The molecule has 0 unspecified atom stereocenters. The molecule has 0 bridgehead atoms. The average molecular weight is 386 g/mol. The number of carbonyl (C=O) groups is 2. The lowest BCUT2D eigenvalue weighted by Gasteiger charge is -2.30. The molecule has 2 aromatic carbocycles. The van der Waals surface area contributed by atoms with Gasteiger partial charge >= 0.3 is 0 Å². The Kier molecular flexibility index (Phi) is 6.85. The van der Waals surface area contributed by atoms with Gasteiger partial charge in [-0.3, -0.25) is 14.5 Å². The minimum absolute atomic E-state index is 0.00131. The third kappa shape index (κ3) is 6.08. The molecule has 0 spiro atoms. The molecule has 5 nitrogen and oxygen atoms in total. The van der Waals surface area contributed by atoms with E-state index in [1.165, 1.54) is 0 Å². The van der Waals surface area contributed by atoms with Crippen LogP contribution in [0.1, 0.15) is 18.4 Å². The van der Waals surface area contributed by atoms with Crippen molar-refractivity contribution in [3.05, 3.63) is 65.2 Å². The fourth-order valence-electron chi connectivity index (χ4n) is 3.18. The van der Waals surface area contributed by atoms with Gasteiger partial charge in [-0.25, -0.2) is 0 Å². The molecule has 1 fully saturated rings. The van der Waals surface area contributed by atoms with Crippen molar-refractivity contribution in [2.24, 2.45) is 5.92 Å². The highest BCUT2D eigenvalue weighted by Gasteiger charge is 2.25. The Morgan fingerprint density at radius 3 is 2.33 bits per heavy atom. The lowest BCUT2D eigenvalue weighted by Crippen LogP contribution is -2.43. The highest BCUT2D eigenvalue weighted by Crippen LogP contribution is 2.19. The zero-order valence-corrected chi connectivity index (χ0v) is 15.9. The number of hydrogen-bond donors (Lipinski definition) is 2. The Balaban J connectivity index is 1.38. The molecule has 0 aliphatic carbocycles. The van der Waals surface area contributed by atoms with E-state index in [0.29, 0.717) is 18.1 Å². The van der Waals surface area contributed by atoms with Crippen LogP contribution in [0, 0.1) is 5.92 Å². The predicted octanol–water partition coefficient (Wildman–Crippen LogP) is 3.31.